The lowest BCUT2D eigenvalue weighted by Crippen LogP contribution is -2.07. The van der Waals surface area contributed by atoms with Gasteiger partial charge in [-0.2, -0.15) is 0 Å². The van der Waals surface area contributed by atoms with Crippen LogP contribution in [0.1, 0.15) is 23.0 Å². The van der Waals surface area contributed by atoms with Gasteiger partial charge in [-0.05, 0) is 25.1 Å². The van der Waals surface area contributed by atoms with Gasteiger partial charge in [0.15, 0.2) is 0 Å². The molecule has 6 heteroatoms. The average Bonchev–Trinajstić information content (AvgIpc) is 2.94. The van der Waals surface area contributed by atoms with Crippen LogP contribution in [0.4, 0.5) is 10.1 Å². The molecule has 0 unspecified atom stereocenters. The van der Waals surface area contributed by atoms with Gasteiger partial charge in [0.2, 0.25) is 5.76 Å². The first kappa shape index (κ1) is 14.9. The van der Waals surface area contributed by atoms with Crippen LogP contribution in [0.3, 0.4) is 0 Å². The summed E-state index contributed by atoms with van der Waals surface area (Å²) in [5.41, 5.74) is 1.28. The Kier molecular flexibility index (Phi) is 4.81. The fourth-order valence-electron chi connectivity index (χ4n) is 1.85. The standard InChI is InChI=1S/C15H16FNO4/c1-3-20-13-8-11(16)4-5-12(13)17-9-10-6-7-21-14(10)15(18)19-2/h4-8,17H,3,9H2,1-2H3. The Labute approximate surface area is 121 Å². The smallest absolute Gasteiger partial charge is 0.374 e. The second-order valence-corrected chi connectivity index (χ2v) is 4.19. The normalized spacial score (nSPS) is 10.2. The molecule has 112 valence electrons. The summed E-state index contributed by atoms with van der Waals surface area (Å²) in [4.78, 5) is 11.5. The molecule has 5 nitrogen and oxygen atoms in total. The fourth-order valence-corrected chi connectivity index (χ4v) is 1.85. The molecule has 1 aromatic heterocycles. The van der Waals surface area contributed by atoms with E-state index in [9.17, 15) is 9.18 Å². The molecule has 0 spiro atoms. The van der Waals surface area contributed by atoms with E-state index in [-0.39, 0.29) is 11.6 Å². The lowest BCUT2D eigenvalue weighted by atomic mass is 10.2. The maximum atomic E-state index is 13.2. The molecule has 0 saturated heterocycles. The van der Waals surface area contributed by atoms with Crippen LogP contribution in [0.2, 0.25) is 0 Å². The zero-order valence-electron chi connectivity index (χ0n) is 11.8. The van der Waals surface area contributed by atoms with Gasteiger partial charge in [0.25, 0.3) is 0 Å². The molecular weight excluding hydrogens is 277 g/mol. The predicted octanol–water partition coefficient (Wildman–Crippen LogP) is 3.22. The number of furan rings is 1. The van der Waals surface area contributed by atoms with Crippen molar-refractivity contribution in [2.45, 2.75) is 13.5 Å². The minimum atomic E-state index is -0.541. The average molecular weight is 293 g/mol. The summed E-state index contributed by atoms with van der Waals surface area (Å²) in [6.45, 7) is 2.57. The highest BCUT2D eigenvalue weighted by molar-refractivity contribution is 5.87. The quantitative estimate of drug-likeness (QED) is 0.829. The Morgan fingerprint density at radius 3 is 2.90 bits per heavy atom. The second-order valence-electron chi connectivity index (χ2n) is 4.19. The van der Waals surface area contributed by atoms with Crippen molar-refractivity contribution in [3.8, 4) is 5.75 Å². The lowest BCUT2D eigenvalue weighted by Gasteiger charge is -2.12. The second kappa shape index (κ2) is 6.78. The maximum absolute atomic E-state index is 13.2. The van der Waals surface area contributed by atoms with Crippen LogP contribution in [-0.2, 0) is 11.3 Å². The number of carbonyl (C=O) groups is 1. The van der Waals surface area contributed by atoms with E-state index >= 15 is 0 Å². The zero-order chi connectivity index (χ0) is 15.2. The van der Waals surface area contributed by atoms with Crippen LogP contribution in [0.15, 0.2) is 34.9 Å². The third kappa shape index (κ3) is 3.53. The Balaban J connectivity index is 2.13. The van der Waals surface area contributed by atoms with Crippen molar-refractivity contribution in [2.24, 2.45) is 0 Å². The van der Waals surface area contributed by atoms with Crippen molar-refractivity contribution in [1.82, 2.24) is 0 Å². The molecule has 0 aliphatic heterocycles. The molecule has 0 aliphatic carbocycles. The molecule has 0 radical (unpaired) electrons. The van der Waals surface area contributed by atoms with E-state index in [1.807, 2.05) is 6.92 Å². The number of nitrogens with one attached hydrogen (secondary N) is 1. The molecule has 0 saturated carbocycles. The van der Waals surface area contributed by atoms with Crippen LogP contribution < -0.4 is 10.1 Å². The molecule has 1 aromatic carbocycles. The van der Waals surface area contributed by atoms with Crippen LogP contribution >= 0.6 is 0 Å². The minimum absolute atomic E-state index is 0.144. The van der Waals surface area contributed by atoms with Crippen LogP contribution in [0.25, 0.3) is 0 Å². The number of ether oxygens (including phenoxy) is 2. The van der Waals surface area contributed by atoms with Crippen molar-refractivity contribution in [2.75, 3.05) is 19.0 Å². The Morgan fingerprint density at radius 2 is 2.19 bits per heavy atom. The highest BCUT2D eigenvalue weighted by Gasteiger charge is 2.16. The van der Waals surface area contributed by atoms with Gasteiger partial charge in [-0.3, -0.25) is 0 Å². The molecule has 1 heterocycles. The number of halogens is 1. The highest BCUT2D eigenvalue weighted by atomic mass is 19.1. The largest absolute Gasteiger partial charge is 0.492 e. The number of anilines is 1. The van der Waals surface area contributed by atoms with Gasteiger partial charge >= 0.3 is 5.97 Å². The number of esters is 1. The predicted molar refractivity (Wildman–Crippen MR) is 74.9 cm³/mol. The molecule has 2 aromatic rings. The lowest BCUT2D eigenvalue weighted by molar-refractivity contribution is 0.0563. The third-order valence-corrected chi connectivity index (χ3v) is 2.83. The summed E-state index contributed by atoms with van der Waals surface area (Å²) in [5, 5.41) is 3.09. The molecular formula is C15H16FNO4. The Bertz CT molecular complexity index is 624. The summed E-state index contributed by atoms with van der Waals surface area (Å²) >= 11 is 0. The summed E-state index contributed by atoms with van der Waals surface area (Å²) in [6.07, 6.45) is 1.41. The van der Waals surface area contributed by atoms with Gasteiger partial charge in [-0.1, -0.05) is 0 Å². The minimum Gasteiger partial charge on any atom is -0.492 e. The van der Waals surface area contributed by atoms with Crippen molar-refractivity contribution < 1.29 is 23.1 Å². The van der Waals surface area contributed by atoms with E-state index in [4.69, 9.17) is 9.15 Å². The van der Waals surface area contributed by atoms with E-state index < -0.39 is 5.97 Å². The number of benzene rings is 1. The molecule has 0 atom stereocenters. The third-order valence-electron chi connectivity index (χ3n) is 2.83. The van der Waals surface area contributed by atoms with Crippen molar-refractivity contribution >= 4 is 11.7 Å². The molecule has 0 fully saturated rings. The first-order valence-electron chi connectivity index (χ1n) is 6.46. The van der Waals surface area contributed by atoms with Crippen LogP contribution in [0, 0.1) is 5.82 Å². The summed E-state index contributed by atoms with van der Waals surface area (Å²) in [7, 11) is 1.29. The molecule has 0 aliphatic rings. The van der Waals surface area contributed by atoms with Crippen molar-refractivity contribution in [3.63, 3.8) is 0 Å². The van der Waals surface area contributed by atoms with Crippen LogP contribution in [0.5, 0.6) is 5.75 Å². The van der Waals surface area contributed by atoms with Gasteiger partial charge < -0.3 is 19.2 Å². The highest BCUT2D eigenvalue weighted by Crippen LogP contribution is 2.26. The Morgan fingerprint density at radius 1 is 1.38 bits per heavy atom. The molecule has 1 N–H and O–H groups in total. The van der Waals surface area contributed by atoms with Crippen molar-refractivity contribution in [3.05, 3.63) is 47.7 Å². The van der Waals surface area contributed by atoms with Crippen LogP contribution in [-0.4, -0.2) is 19.7 Å². The molecule has 2 rings (SSSR count). The summed E-state index contributed by atoms with van der Waals surface area (Å²) in [6, 6.07) is 5.89. The van der Waals surface area contributed by atoms with Gasteiger partial charge in [0.1, 0.15) is 11.6 Å². The molecule has 0 bridgehead atoms. The van der Waals surface area contributed by atoms with E-state index in [1.165, 1.54) is 25.5 Å². The monoisotopic (exact) mass is 293 g/mol. The zero-order valence-corrected chi connectivity index (χ0v) is 11.8. The number of carbonyl (C=O) groups excluding carboxylic acids is 1. The number of rotatable bonds is 6. The fraction of sp³-hybridized carbons (Fsp3) is 0.267. The van der Waals surface area contributed by atoms with Gasteiger partial charge in [-0.25, -0.2) is 9.18 Å². The number of hydrogen-bond donors (Lipinski definition) is 1. The maximum Gasteiger partial charge on any atom is 0.374 e. The van der Waals surface area contributed by atoms with E-state index in [1.54, 1.807) is 12.1 Å². The van der Waals surface area contributed by atoms with Crippen molar-refractivity contribution in [1.29, 1.82) is 0 Å². The SMILES string of the molecule is CCOc1cc(F)ccc1NCc1ccoc1C(=O)OC. The number of hydrogen-bond acceptors (Lipinski definition) is 5. The molecule has 21 heavy (non-hydrogen) atoms. The Hall–Kier alpha value is -2.50. The first-order chi connectivity index (χ1) is 10.2. The topological polar surface area (TPSA) is 60.7 Å². The van der Waals surface area contributed by atoms with Gasteiger partial charge in [-0.15, -0.1) is 0 Å². The first-order valence-corrected chi connectivity index (χ1v) is 6.46. The van der Waals surface area contributed by atoms with E-state index in [0.29, 0.717) is 30.2 Å². The van der Waals surface area contributed by atoms with Gasteiger partial charge in [0.05, 0.1) is 25.7 Å². The summed E-state index contributed by atoms with van der Waals surface area (Å²) in [5.74, 6) is -0.353. The van der Waals surface area contributed by atoms with E-state index in [2.05, 4.69) is 10.1 Å². The van der Waals surface area contributed by atoms with E-state index in [0.717, 1.165) is 0 Å². The van der Waals surface area contributed by atoms with Gasteiger partial charge in [0, 0.05) is 18.2 Å². The number of methoxy groups -OCH3 is 1. The molecule has 0 amide bonds. The summed E-state index contributed by atoms with van der Waals surface area (Å²) < 4.78 is 28.3.